The highest BCUT2D eigenvalue weighted by atomic mass is 16.6. The molecule has 0 aliphatic heterocycles. The second kappa shape index (κ2) is 18.1. The van der Waals surface area contributed by atoms with Crippen LogP contribution in [-0.4, -0.2) is 62.3 Å². The fourth-order valence-electron chi connectivity index (χ4n) is 6.13. The number of rotatable bonds is 5. The Morgan fingerprint density at radius 2 is 1.29 bits per heavy atom. The lowest BCUT2D eigenvalue weighted by Gasteiger charge is -2.23. The molecule has 1 N–H and O–H groups in total. The van der Waals surface area contributed by atoms with E-state index in [0.717, 1.165) is 30.0 Å². The number of amides is 1. The molecule has 0 spiro atoms. The number of hydrogen-bond acceptors (Lipinski definition) is 8. The molecule has 2 aromatic heterocycles. The Kier molecular flexibility index (Phi) is 12.9. The summed E-state index contributed by atoms with van der Waals surface area (Å²) in [5.74, 6) is 0.467. The highest BCUT2D eigenvalue weighted by Gasteiger charge is 2.24. The third-order valence-electron chi connectivity index (χ3n) is 9.06. The third kappa shape index (κ3) is 10.0. The van der Waals surface area contributed by atoms with Gasteiger partial charge in [-0.3, -0.25) is 4.57 Å². The Bertz CT molecular complexity index is 1980. The van der Waals surface area contributed by atoms with Crippen LogP contribution in [0.1, 0.15) is 62.5 Å². The predicted molar refractivity (Wildman–Crippen MR) is 195 cm³/mol. The van der Waals surface area contributed by atoms with Crippen LogP contribution in [0.2, 0.25) is 0 Å². The van der Waals surface area contributed by atoms with Crippen molar-refractivity contribution >= 4 is 12.1 Å². The third-order valence-corrected chi connectivity index (χ3v) is 9.06. The molecule has 0 radical (unpaired) electrons. The van der Waals surface area contributed by atoms with E-state index in [1.165, 1.54) is 54.0 Å². The lowest BCUT2D eigenvalue weighted by Crippen LogP contribution is -2.37. The normalized spacial score (nSPS) is 13.9. The zero-order valence-electron chi connectivity index (χ0n) is 29.0. The molecule has 1 amide bonds. The quantitative estimate of drug-likeness (QED) is 0.197. The first-order chi connectivity index (χ1) is 24.9. The molecule has 2 fully saturated rings. The second-order valence-electron chi connectivity index (χ2n) is 12.5. The molecule has 3 aromatic carbocycles. The fourth-order valence-corrected chi connectivity index (χ4v) is 6.13. The zero-order chi connectivity index (χ0) is 36.0. The molecule has 0 atom stereocenters. The Labute approximate surface area is 298 Å². The first-order valence-corrected chi connectivity index (χ1v) is 17.2. The number of carbonyl (C=O) groups excluding carboxylic acids is 2. The summed E-state index contributed by atoms with van der Waals surface area (Å²) in [6, 6.07) is 28.4. The summed E-state index contributed by atoms with van der Waals surface area (Å²) in [5, 5.41) is 21.1. The number of carbonyl (C=O) groups is 2. The molecule has 0 bridgehead atoms. The molecule has 2 heterocycles. The molecule has 11 nitrogen and oxygen atoms in total. The number of imidazole rings is 2. The van der Waals surface area contributed by atoms with Crippen molar-refractivity contribution in [3.63, 3.8) is 0 Å². The van der Waals surface area contributed by atoms with E-state index < -0.39 is 6.09 Å². The van der Waals surface area contributed by atoms with Crippen LogP contribution >= 0.6 is 0 Å². The number of hydrogen-bond donors (Lipinski definition) is 1. The second-order valence-corrected chi connectivity index (χ2v) is 12.5. The monoisotopic (exact) mass is 682 g/mol. The summed E-state index contributed by atoms with van der Waals surface area (Å²) in [7, 11) is 3.91. The van der Waals surface area contributed by atoms with E-state index in [1.807, 2.05) is 36.2 Å². The number of ether oxygens (including phenoxy) is 1. The first kappa shape index (κ1) is 36.2. The summed E-state index contributed by atoms with van der Waals surface area (Å²) >= 11 is 0. The number of nitriles is 2. The predicted octanol–water partition coefficient (Wildman–Crippen LogP) is 7.88. The summed E-state index contributed by atoms with van der Waals surface area (Å²) < 4.78 is 8.01. The number of benzene rings is 3. The zero-order valence-corrected chi connectivity index (χ0v) is 29.0. The maximum atomic E-state index is 12.5. The number of para-hydroxylation sites is 1. The van der Waals surface area contributed by atoms with E-state index in [1.54, 1.807) is 73.3 Å². The highest BCUT2D eigenvalue weighted by Crippen LogP contribution is 2.24. The van der Waals surface area contributed by atoms with Gasteiger partial charge in [0.2, 0.25) is 0 Å². The summed E-state index contributed by atoms with van der Waals surface area (Å²) in [5.41, 5.74) is 4.03. The minimum Gasteiger partial charge on any atom is -0.410 e. The minimum atomic E-state index is -0.540. The molecule has 2 aliphatic carbocycles. The van der Waals surface area contributed by atoms with E-state index >= 15 is 0 Å². The summed E-state index contributed by atoms with van der Waals surface area (Å²) in [4.78, 5) is 34.8. The molecule has 0 saturated heterocycles. The molecule has 5 aromatic rings. The molecule has 260 valence electrons. The number of nitrogens with one attached hydrogen (secondary N) is 1. The van der Waals surface area contributed by atoms with E-state index in [-0.39, 0.29) is 6.03 Å². The van der Waals surface area contributed by atoms with Crippen molar-refractivity contribution in [2.45, 2.75) is 63.5 Å². The maximum Gasteiger partial charge on any atom is 0.424 e. The van der Waals surface area contributed by atoms with Crippen molar-refractivity contribution in [1.29, 1.82) is 10.5 Å². The molecular weight excluding hydrogens is 640 g/mol. The average molecular weight is 683 g/mol. The van der Waals surface area contributed by atoms with Gasteiger partial charge in [-0.15, -0.1) is 0 Å². The van der Waals surface area contributed by atoms with Gasteiger partial charge in [0.15, 0.2) is 0 Å². The first-order valence-electron chi connectivity index (χ1n) is 17.2. The Morgan fingerprint density at radius 1 is 0.765 bits per heavy atom. The molecule has 0 unspecified atom stereocenters. The molecule has 11 heteroatoms. The van der Waals surface area contributed by atoms with Gasteiger partial charge in [0, 0.05) is 42.7 Å². The molecule has 51 heavy (non-hydrogen) atoms. The smallest absolute Gasteiger partial charge is 0.410 e. The summed E-state index contributed by atoms with van der Waals surface area (Å²) in [6.45, 7) is 0. The van der Waals surface area contributed by atoms with Crippen LogP contribution in [0.3, 0.4) is 0 Å². The Morgan fingerprint density at radius 3 is 1.82 bits per heavy atom. The molecular formula is C40H42N8O3. The van der Waals surface area contributed by atoms with Gasteiger partial charge >= 0.3 is 12.1 Å². The number of aromatic nitrogens is 4. The Balaban J connectivity index is 0.000000166. The van der Waals surface area contributed by atoms with Crippen molar-refractivity contribution in [2.24, 2.45) is 0 Å². The lowest BCUT2D eigenvalue weighted by molar-refractivity contribution is 0.192. The molecule has 2 aliphatic rings. The van der Waals surface area contributed by atoms with Crippen molar-refractivity contribution in [3.8, 4) is 40.4 Å². The van der Waals surface area contributed by atoms with Crippen molar-refractivity contribution in [3.05, 3.63) is 115 Å². The highest BCUT2D eigenvalue weighted by molar-refractivity contribution is 5.78. The van der Waals surface area contributed by atoms with Gasteiger partial charge in [-0.2, -0.15) is 10.5 Å². The van der Waals surface area contributed by atoms with E-state index in [0.29, 0.717) is 34.3 Å². The molecule has 2 saturated carbocycles. The van der Waals surface area contributed by atoms with E-state index in [9.17, 15) is 9.59 Å². The van der Waals surface area contributed by atoms with Gasteiger partial charge in [-0.1, -0.05) is 68.1 Å². The standard InChI is InChI=1S/C17H18N4O.C17H11N3O2.C6H13N/c1-20(15-7-2-3-8-15)17(22)21-11-16(19-12-21)14-6-4-5-13(9-14)10-18;18-10-13-5-4-6-14(9-13)16-11-20(12-19-16)17(21)22-15-7-2-1-3-8-15;1-7-6-4-2-3-5-6/h4-6,9,11-12,15H,2-3,7-8H2,1H3;1-9,11-12H;6-7H,2-5H2,1H3. The van der Waals surface area contributed by atoms with Crippen LogP contribution < -0.4 is 10.1 Å². The lowest BCUT2D eigenvalue weighted by atomic mass is 10.1. The van der Waals surface area contributed by atoms with E-state index in [4.69, 9.17) is 15.3 Å². The maximum absolute atomic E-state index is 12.5. The summed E-state index contributed by atoms with van der Waals surface area (Å²) in [6.07, 6.45) is 15.9. The van der Waals surface area contributed by atoms with Crippen LogP contribution in [0.25, 0.3) is 22.5 Å². The molecule has 7 rings (SSSR count). The Hall–Kier alpha value is -6.04. The van der Waals surface area contributed by atoms with Crippen LogP contribution in [0.5, 0.6) is 5.75 Å². The SMILES string of the molecule is CN(C(=O)n1cnc(-c2cccc(C#N)c2)c1)C1CCCC1.CNC1CCCC1.N#Cc1cccc(-c2cn(C(=O)Oc3ccccc3)cn2)c1. The van der Waals surface area contributed by atoms with Crippen LogP contribution in [0.15, 0.2) is 104 Å². The van der Waals surface area contributed by atoms with Gasteiger partial charge in [0.1, 0.15) is 18.4 Å². The van der Waals surface area contributed by atoms with Gasteiger partial charge in [0.05, 0.1) is 34.7 Å². The van der Waals surface area contributed by atoms with Crippen molar-refractivity contribution < 1.29 is 14.3 Å². The minimum absolute atomic E-state index is 0.0536. The van der Waals surface area contributed by atoms with E-state index in [2.05, 4.69) is 34.5 Å². The van der Waals surface area contributed by atoms with Crippen LogP contribution in [0, 0.1) is 22.7 Å². The van der Waals surface area contributed by atoms with Crippen molar-refractivity contribution in [1.82, 2.24) is 29.3 Å². The van der Waals surface area contributed by atoms with Gasteiger partial charge in [-0.25, -0.2) is 24.1 Å². The van der Waals surface area contributed by atoms with Crippen LogP contribution in [-0.2, 0) is 0 Å². The topological polar surface area (TPSA) is 142 Å². The van der Waals surface area contributed by atoms with Gasteiger partial charge in [-0.05, 0) is 69.1 Å². The fraction of sp³-hybridized carbons (Fsp3) is 0.300. The average Bonchev–Trinajstić information content (AvgIpc) is 4.03. The van der Waals surface area contributed by atoms with Crippen LogP contribution in [0.4, 0.5) is 9.59 Å². The van der Waals surface area contributed by atoms with Gasteiger partial charge < -0.3 is 15.0 Å². The largest absolute Gasteiger partial charge is 0.424 e. The number of nitrogens with zero attached hydrogens (tertiary/aromatic N) is 7. The van der Waals surface area contributed by atoms with Gasteiger partial charge in [0.25, 0.3) is 0 Å². The van der Waals surface area contributed by atoms with Crippen molar-refractivity contribution in [2.75, 3.05) is 14.1 Å².